The molecule has 5 heteroatoms. The lowest BCUT2D eigenvalue weighted by Gasteiger charge is -2.65. The highest BCUT2D eigenvalue weighted by Gasteiger charge is 2.72. The van der Waals surface area contributed by atoms with Crippen molar-refractivity contribution in [3.8, 4) is 0 Å². The summed E-state index contributed by atoms with van der Waals surface area (Å²) in [5.41, 5.74) is 0. The molecule has 0 aromatic heterocycles. The van der Waals surface area contributed by atoms with Gasteiger partial charge in [0.05, 0.1) is 0 Å². The molecule has 0 unspecified atom stereocenters. The molecule has 1 nitrogen and oxygen atoms in total. The summed E-state index contributed by atoms with van der Waals surface area (Å²) in [6.07, 6.45) is 0. The molecular formula is C22H38OSi4. The Balaban J connectivity index is 3.11. The Morgan fingerprint density at radius 1 is 0.519 bits per heavy atom. The minimum Gasteiger partial charge on any atom is -0.424 e. The minimum absolute atomic E-state index is 0.0860. The van der Waals surface area contributed by atoms with Crippen molar-refractivity contribution in [2.24, 2.45) is 0 Å². The average molecular weight is 431 g/mol. The van der Waals surface area contributed by atoms with Gasteiger partial charge in [-0.1, -0.05) is 120 Å². The minimum atomic E-state index is -3.00. The number of rotatable bonds is 6. The molecule has 0 radical (unpaired) electrons. The van der Waals surface area contributed by atoms with Gasteiger partial charge in [-0.15, -0.1) is 0 Å². The van der Waals surface area contributed by atoms with E-state index in [1.54, 1.807) is 0 Å². The molecule has 0 heterocycles. The second kappa shape index (κ2) is 7.26. The Morgan fingerprint density at radius 3 is 1.00 bits per heavy atom. The van der Waals surface area contributed by atoms with Crippen molar-refractivity contribution in [1.29, 1.82) is 0 Å². The summed E-state index contributed by atoms with van der Waals surface area (Å²) in [6.45, 7) is 22.7. The Morgan fingerprint density at radius 2 is 0.778 bits per heavy atom. The highest BCUT2D eigenvalue weighted by atomic mass is 28.5. The van der Waals surface area contributed by atoms with E-state index in [-0.39, 0.29) is 3.91 Å². The zero-order valence-electron chi connectivity index (χ0n) is 18.7. The summed E-state index contributed by atoms with van der Waals surface area (Å²) in [7, 11) is -8.32. The largest absolute Gasteiger partial charge is 0.424 e. The molecule has 2 aromatic carbocycles. The third-order valence-electron chi connectivity index (χ3n) is 6.30. The molecule has 0 bridgehead atoms. The van der Waals surface area contributed by atoms with Gasteiger partial charge in [-0.2, -0.15) is 0 Å². The van der Waals surface area contributed by atoms with Crippen LogP contribution in [0.2, 0.25) is 62.8 Å². The number of hydrogen-bond acceptors (Lipinski definition) is 1. The lowest BCUT2D eigenvalue weighted by molar-refractivity contribution is 0.559. The van der Waals surface area contributed by atoms with Crippen LogP contribution < -0.4 is 10.4 Å². The van der Waals surface area contributed by atoms with Crippen molar-refractivity contribution in [3.63, 3.8) is 0 Å². The molecule has 0 spiro atoms. The van der Waals surface area contributed by atoms with Gasteiger partial charge in [0.2, 0.25) is 0 Å². The van der Waals surface area contributed by atoms with Crippen LogP contribution in [0.15, 0.2) is 60.7 Å². The fraction of sp³-hybridized carbons (Fsp3) is 0.455. The third-order valence-corrected chi connectivity index (χ3v) is 40.0. The molecule has 148 valence electrons. The Hall–Kier alpha value is -0.732. The van der Waals surface area contributed by atoms with E-state index in [0.29, 0.717) is 0 Å². The van der Waals surface area contributed by atoms with Crippen molar-refractivity contribution < 1.29 is 4.80 Å². The van der Waals surface area contributed by atoms with Crippen LogP contribution in [-0.2, 0) is 0 Å². The summed E-state index contributed by atoms with van der Waals surface area (Å²) < 4.78 is 0.0860. The third kappa shape index (κ3) is 3.42. The van der Waals surface area contributed by atoms with Crippen LogP contribution in [0.4, 0.5) is 0 Å². The van der Waals surface area contributed by atoms with Gasteiger partial charge in [-0.25, -0.2) is 0 Å². The van der Waals surface area contributed by atoms with E-state index in [9.17, 15) is 4.80 Å². The molecule has 2 rings (SSSR count). The second-order valence-corrected chi connectivity index (χ2v) is 33.0. The first kappa shape index (κ1) is 22.6. The topological polar surface area (TPSA) is 20.2 Å². The summed E-state index contributed by atoms with van der Waals surface area (Å²) >= 11 is 0. The van der Waals surface area contributed by atoms with Gasteiger partial charge in [-0.3, -0.25) is 0 Å². The number of hydrogen-bond donors (Lipinski definition) is 1. The maximum absolute atomic E-state index is 13.1. The zero-order chi connectivity index (χ0) is 20.7. The highest BCUT2D eigenvalue weighted by molar-refractivity contribution is 7.33. The van der Waals surface area contributed by atoms with Crippen LogP contribution in [0, 0.1) is 0 Å². The summed E-state index contributed by atoms with van der Waals surface area (Å²) in [5.74, 6) is 0. The van der Waals surface area contributed by atoms with Gasteiger partial charge in [0.25, 0.3) is 8.32 Å². The van der Waals surface area contributed by atoms with Crippen molar-refractivity contribution in [2.75, 3.05) is 0 Å². The molecule has 1 N–H and O–H groups in total. The Bertz CT molecular complexity index is 677. The van der Waals surface area contributed by atoms with Crippen LogP contribution in [0.5, 0.6) is 0 Å². The van der Waals surface area contributed by atoms with Gasteiger partial charge in [0.15, 0.2) is 0 Å². The van der Waals surface area contributed by atoms with Crippen molar-refractivity contribution in [1.82, 2.24) is 0 Å². The SMILES string of the molecule is C[Si](C)(C)C([Si](C)(C)C)([Si](C)(C)C)[Si](O)(c1ccccc1)c1ccccc1. The monoisotopic (exact) mass is 430 g/mol. The van der Waals surface area contributed by atoms with Crippen LogP contribution in [0.3, 0.4) is 0 Å². The molecule has 0 aliphatic rings. The molecular weight excluding hydrogens is 393 g/mol. The normalized spacial score (nSPS) is 14.3. The van der Waals surface area contributed by atoms with Crippen LogP contribution in [0.1, 0.15) is 0 Å². The van der Waals surface area contributed by atoms with Crippen LogP contribution in [0.25, 0.3) is 0 Å². The van der Waals surface area contributed by atoms with E-state index in [2.05, 4.69) is 120 Å². The van der Waals surface area contributed by atoms with Crippen molar-refractivity contribution in [2.45, 2.75) is 62.8 Å². The van der Waals surface area contributed by atoms with E-state index < -0.39 is 32.5 Å². The van der Waals surface area contributed by atoms with Crippen LogP contribution in [-0.4, -0.2) is 37.3 Å². The predicted octanol–water partition coefficient (Wildman–Crippen LogP) is 5.11. The molecule has 0 amide bonds. The smallest absolute Gasteiger partial charge is 0.250 e. The maximum Gasteiger partial charge on any atom is 0.250 e. The first-order chi connectivity index (χ1) is 12.2. The van der Waals surface area contributed by atoms with Gasteiger partial charge in [0.1, 0.15) is 0 Å². The maximum atomic E-state index is 13.1. The Labute approximate surface area is 171 Å². The molecule has 0 aliphatic heterocycles. The predicted molar refractivity (Wildman–Crippen MR) is 133 cm³/mol. The molecule has 0 aliphatic carbocycles. The fourth-order valence-electron chi connectivity index (χ4n) is 6.96. The van der Waals surface area contributed by atoms with E-state index in [1.807, 2.05) is 0 Å². The molecule has 0 atom stereocenters. The summed E-state index contributed by atoms with van der Waals surface area (Å²) in [6, 6.07) is 21.4. The summed E-state index contributed by atoms with van der Waals surface area (Å²) in [5, 5.41) is 2.40. The first-order valence-corrected chi connectivity index (χ1v) is 22.5. The molecule has 0 saturated heterocycles. The lowest BCUT2D eigenvalue weighted by atomic mass is 10.4. The lowest BCUT2D eigenvalue weighted by Crippen LogP contribution is -2.84. The fourth-order valence-corrected chi connectivity index (χ4v) is 52.1. The Kier molecular flexibility index (Phi) is 6.07. The van der Waals surface area contributed by atoms with Crippen molar-refractivity contribution >= 4 is 42.9 Å². The van der Waals surface area contributed by atoms with E-state index in [4.69, 9.17) is 0 Å². The zero-order valence-corrected chi connectivity index (χ0v) is 22.7. The van der Waals surface area contributed by atoms with E-state index >= 15 is 0 Å². The molecule has 0 saturated carbocycles. The molecule has 27 heavy (non-hydrogen) atoms. The standard InChI is InChI=1S/C22H38OSi4/c1-24(2,3)22(25(4,5)6,26(7,8)9)27(23,20-16-12-10-13-17-20)21-18-14-11-15-19-21/h10-19,23H,1-9H3. The van der Waals surface area contributed by atoms with E-state index in [1.165, 1.54) is 10.4 Å². The van der Waals surface area contributed by atoms with E-state index in [0.717, 1.165) is 0 Å². The second-order valence-electron chi connectivity index (χ2n) is 10.9. The highest BCUT2D eigenvalue weighted by Crippen LogP contribution is 2.58. The average Bonchev–Trinajstić information content (AvgIpc) is 2.52. The molecule has 2 aromatic rings. The number of benzene rings is 2. The van der Waals surface area contributed by atoms with Crippen molar-refractivity contribution in [3.05, 3.63) is 60.7 Å². The first-order valence-electron chi connectivity index (χ1n) is 10.0. The summed E-state index contributed by atoms with van der Waals surface area (Å²) in [4.78, 5) is 13.1. The van der Waals surface area contributed by atoms with Gasteiger partial charge in [0, 0.05) is 24.2 Å². The van der Waals surface area contributed by atoms with Gasteiger partial charge < -0.3 is 4.80 Å². The van der Waals surface area contributed by atoms with Gasteiger partial charge >= 0.3 is 0 Å². The molecule has 0 fully saturated rings. The van der Waals surface area contributed by atoms with Crippen LogP contribution >= 0.6 is 0 Å². The quantitative estimate of drug-likeness (QED) is 0.631. The van der Waals surface area contributed by atoms with Gasteiger partial charge in [-0.05, 0) is 14.3 Å².